The number of aromatic nitrogens is 2. The second kappa shape index (κ2) is 8.70. The van der Waals surface area contributed by atoms with Crippen LogP contribution >= 0.6 is 0 Å². The zero-order valence-electron chi connectivity index (χ0n) is 17.3. The summed E-state index contributed by atoms with van der Waals surface area (Å²) in [6.07, 6.45) is 5.84. The summed E-state index contributed by atoms with van der Waals surface area (Å²) in [5.74, 6) is 1.41. The van der Waals surface area contributed by atoms with Crippen molar-refractivity contribution >= 4 is 11.7 Å². The lowest BCUT2D eigenvalue weighted by molar-refractivity contribution is 0.0298. The van der Waals surface area contributed by atoms with Gasteiger partial charge >= 0.3 is 0 Å². The molecule has 0 N–H and O–H groups in total. The molecular weight excluding hydrogens is 378 g/mol. The van der Waals surface area contributed by atoms with Crippen molar-refractivity contribution in [2.45, 2.75) is 25.4 Å². The predicted octanol–water partition coefficient (Wildman–Crippen LogP) is 2.05. The van der Waals surface area contributed by atoms with Gasteiger partial charge < -0.3 is 14.5 Å². The lowest BCUT2D eigenvalue weighted by Crippen LogP contribution is -2.45. The molecule has 4 aliphatic heterocycles. The Labute approximate surface area is 177 Å². The van der Waals surface area contributed by atoms with Crippen LogP contribution in [0.5, 0.6) is 0 Å². The minimum Gasteiger partial charge on any atom is -0.378 e. The van der Waals surface area contributed by atoms with Gasteiger partial charge in [-0.2, -0.15) is 0 Å². The Morgan fingerprint density at radius 2 is 1.87 bits per heavy atom. The highest BCUT2D eigenvalue weighted by atomic mass is 16.5. The van der Waals surface area contributed by atoms with Gasteiger partial charge in [0.15, 0.2) is 0 Å². The number of amides is 1. The fourth-order valence-electron chi connectivity index (χ4n) is 4.96. The summed E-state index contributed by atoms with van der Waals surface area (Å²) in [4.78, 5) is 28.8. The number of fused-ring (bicyclic) bond motifs is 4. The Balaban J connectivity index is 1.32. The van der Waals surface area contributed by atoms with Crippen LogP contribution in [0.1, 0.15) is 28.9 Å². The maximum atomic E-state index is 12.9. The third-order valence-corrected chi connectivity index (χ3v) is 6.47. The Hall–Kier alpha value is -2.51. The van der Waals surface area contributed by atoms with Crippen molar-refractivity contribution in [3.05, 3.63) is 54.0 Å². The smallest absolute Gasteiger partial charge is 0.274 e. The molecular formula is C23H29N5O2. The molecule has 2 unspecified atom stereocenters. The first-order valence-electron chi connectivity index (χ1n) is 11.0. The molecule has 2 bridgehead atoms. The summed E-state index contributed by atoms with van der Waals surface area (Å²) >= 11 is 0. The van der Waals surface area contributed by atoms with Gasteiger partial charge in [-0.3, -0.25) is 14.7 Å². The monoisotopic (exact) mass is 407 g/mol. The first kappa shape index (κ1) is 19.5. The average Bonchev–Trinajstić information content (AvgIpc) is 3.11. The largest absolute Gasteiger partial charge is 0.378 e. The second-order valence-electron chi connectivity index (χ2n) is 8.60. The minimum absolute atomic E-state index is 0.0432. The Kier molecular flexibility index (Phi) is 5.64. The van der Waals surface area contributed by atoms with E-state index >= 15 is 0 Å². The van der Waals surface area contributed by atoms with Gasteiger partial charge in [-0.05, 0) is 24.3 Å². The van der Waals surface area contributed by atoms with Crippen LogP contribution in [-0.2, 0) is 11.3 Å². The minimum atomic E-state index is -0.0432. The highest BCUT2D eigenvalue weighted by Gasteiger charge is 2.36. The lowest BCUT2D eigenvalue weighted by atomic mass is 9.95. The van der Waals surface area contributed by atoms with Crippen molar-refractivity contribution in [3.63, 3.8) is 0 Å². The average molecular weight is 408 g/mol. The number of hydrogen-bond donors (Lipinski definition) is 0. The molecule has 4 fully saturated rings. The van der Waals surface area contributed by atoms with E-state index in [4.69, 9.17) is 9.72 Å². The van der Waals surface area contributed by atoms with Crippen LogP contribution in [-0.4, -0.2) is 77.7 Å². The number of hydrogen-bond acceptors (Lipinski definition) is 6. The zero-order valence-corrected chi connectivity index (χ0v) is 17.3. The van der Waals surface area contributed by atoms with E-state index in [1.54, 1.807) is 6.20 Å². The molecule has 0 saturated carbocycles. The van der Waals surface area contributed by atoms with E-state index in [1.807, 2.05) is 11.1 Å². The number of carbonyl (C=O) groups is 1. The van der Waals surface area contributed by atoms with Gasteiger partial charge in [0, 0.05) is 45.3 Å². The van der Waals surface area contributed by atoms with E-state index in [9.17, 15) is 4.79 Å². The number of morpholine rings is 1. The molecule has 7 heteroatoms. The standard InChI is InChI=1S/C23H29N5O2/c29-23(27-8-10-30-11-9-27)21-12-24-13-22(25-21)28-16-19-6-7-20(28)17-26(15-19)14-18-4-2-1-3-5-18/h1-5,12-13,19-20H,6-11,14-17H2. The van der Waals surface area contributed by atoms with Gasteiger partial charge in [-0.15, -0.1) is 0 Å². The van der Waals surface area contributed by atoms with Crippen LogP contribution in [0, 0.1) is 5.92 Å². The highest BCUT2D eigenvalue weighted by molar-refractivity contribution is 5.92. The summed E-state index contributed by atoms with van der Waals surface area (Å²) in [6.45, 7) is 6.53. The molecule has 1 aromatic heterocycles. The molecule has 0 radical (unpaired) electrons. The first-order chi connectivity index (χ1) is 14.8. The van der Waals surface area contributed by atoms with Gasteiger partial charge in [0.2, 0.25) is 0 Å². The normalized spacial score (nSPS) is 24.7. The van der Waals surface area contributed by atoms with Crippen molar-refractivity contribution in [2.75, 3.05) is 50.8 Å². The number of carbonyl (C=O) groups excluding carboxylic acids is 1. The van der Waals surface area contributed by atoms with Crippen LogP contribution in [0.25, 0.3) is 0 Å². The Bertz CT molecular complexity index is 871. The number of piperidine rings is 1. The molecule has 30 heavy (non-hydrogen) atoms. The van der Waals surface area contributed by atoms with E-state index < -0.39 is 0 Å². The number of nitrogens with zero attached hydrogens (tertiary/aromatic N) is 5. The quantitative estimate of drug-likeness (QED) is 0.773. The van der Waals surface area contributed by atoms with Crippen LogP contribution in [0.15, 0.2) is 42.7 Å². The van der Waals surface area contributed by atoms with Crippen LogP contribution in [0.2, 0.25) is 0 Å². The van der Waals surface area contributed by atoms with E-state index in [-0.39, 0.29) is 5.91 Å². The van der Waals surface area contributed by atoms with Gasteiger partial charge in [-0.25, -0.2) is 4.98 Å². The Morgan fingerprint density at radius 1 is 1.03 bits per heavy atom. The molecule has 0 aliphatic carbocycles. The van der Waals surface area contributed by atoms with Gasteiger partial charge in [0.1, 0.15) is 11.5 Å². The fraction of sp³-hybridized carbons (Fsp3) is 0.522. The molecule has 6 rings (SSSR count). The third kappa shape index (κ3) is 4.18. The van der Waals surface area contributed by atoms with Gasteiger partial charge in [0.05, 0.1) is 25.6 Å². The number of benzene rings is 1. The topological polar surface area (TPSA) is 61.8 Å². The number of rotatable bonds is 4. The SMILES string of the molecule is O=C(c1cncc(N2CC3CCC2CN(Cc2ccccc2)C3)n1)N1CCOCC1. The maximum Gasteiger partial charge on any atom is 0.274 e. The van der Waals surface area contributed by atoms with Crippen molar-refractivity contribution < 1.29 is 9.53 Å². The molecule has 4 aliphatic rings. The maximum absolute atomic E-state index is 12.9. The van der Waals surface area contributed by atoms with Gasteiger partial charge in [-0.1, -0.05) is 30.3 Å². The number of anilines is 1. The number of ether oxygens (including phenoxy) is 1. The van der Waals surface area contributed by atoms with E-state index in [2.05, 4.69) is 45.1 Å². The molecule has 1 aromatic carbocycles. The summed E-state index contributed by atoms with van der Waals surface area (Å²) in [5.41, 5.74) is 1.80. The van der Waals surface area contributed by atoms with E-state index in [1.165, 1.54) is 18.4 Å². The lowest BCUT2D eigenvalue weighted by Gasteiger charge is -2.37. The second-order valence-corrected chi connectivity index (χ2v) is 8.60. The van der Waals surface area contributed by atoms with Crippen LogP contribution in [0.3, 0.4) is 0 Å². The van der Waals surface area contributed by atoms with Crippen molar-refractivity contribution in [1.29, 1.82) is 0 Å². The highest BCUT2D eigenvalue weighted by Crippen LogP contribution is 2.31. The van der Waals surface area contributed by atoms with Crippen molar-refractivity contribution in [3.8, 4) is 0 Å². The van der Waals surface area contributed by atoms with E-state index in [0.717, 1.165) is 32.0 Å². The molecule has 158 valence electrons. The van der Waals surface area contributed by atoms with Crippen molar-refractivity contribution in [2.24, 2.45) is 5.92 Å². The van der Waals surface area contributed by atoms with E-state index in [0.29, 0.717) is 44.0 Å². The summed E-state index contributed by atoms with van der Waals surface area (Å²) in [7, 11) is 0. The third-order valence-electron chi connectivity index (χ3n) is 6.47. The summed E-state index contributed by atoms with van der Waals surface area (Å²) < 4.78 is 5.36. The van der Waals surface area contributed by atoms with Crippen LogP contribution in [0.4, 0.5) is 5.82 Å². The molecule has 7 nitrogen and oxygen atoms in total. The molecule has 2 aromatic rings. The predicted molar refractivity (Wildman–Crippen MR) is 114 cm³/mol. The zero-order chi connectivity index (χ0) is 20.3. The first-order valence-corrected chi connectivity index (χ1v) is 11.0. The fourth-order valence-corrected chi connectivity index (χ4v) is 4.96. The van der Waals surface area contributed by atoms with Gasteiger partial charge in [0.25, 0.3) is 5.91 Å². The molecule has 4 saturated heterocycles. The van der Waals surface area contributed by atoms with Crippen LogP contribution < -0.4 is 4.90 Å². The summed E-state index contributed by atoms with van der Waals surface area (Å²) in [6, 6.07) is 11.1. The molecule has 0 spiro atoms. The molecule has 5 heterocycles. The van der Waals surface area contributed by atoms with Crippen molar-refractivity contribution in [1.82, 2.24) is 19.8 Å². The Morgan fingerprint density at radius 3 is 2.70 bits per heavy atom. The summed E-state index contributed by atoms with van der Waals surface area (Å²) in [5, 5.41) is 0. The molecule has 2 atom stereocenters. The molecule has 1 amide bonds.